The number of carboxylic acids is 2. The van der Waals surface area contributed by atoms with E-state index in [1.807, 2.05) is 0 Å². The number of hydrogen-bond acceptors (Lipinski definition) is 2. The summed E-state index contributed by atoms with van der Waals surface area (Å²) in [6, 6.07) is 0. The summed E-state index contributed by atoms with van der Waals surface area (Å²) in [4.78, 5) is 22.1. The van der Waals surface area contributed by atoms with Crippen molar-refractivity contribution in [2.75, 3.05) is 0 Å². The van der Waals surface area contributed by atoms with Gasteiger partial charge in [0.15, 0.2) is 0 Å². The van der Waals surface area contributed by atoms with Crippen LogP contribution in [0.5, 0.6) is 0 Å². The lowest BCUT2D eigenvalue weighted by molar-refractivity contribution is -0.156. The third-order valence-electron chi connectivity index (χ3n) is 3.99. The van der Waals surface area contributed by atoms with Crippen LogP contribution in [0.1, 0.15) is 52.4 Å². The first-order valence-corrected chi connectivity index (χ1v) is 6.87. The van der Waals surface area contributed by atoms with Gasteiger partial charge in [-0.25, -0.2) is 0 Å². The second-order valence-corrected chi connectivity index (χ2v) is 5.89. The van der Waals surface area contributed by atoms with E-state index in [9.17, 15) is 9.59 Å². The Hall–Kier alpha value is -1.06. The molecule has 0 radical (unpaired) electrons. The van der Waals surface area contributed by atoms with Gasteiger partial charge in [0.05, 0.1) is 11.8 Å². The molecule has 0 unspecified atom stereocenters. The van der Waals surface area contributed by atoms with Crippen LogP contribution >= 0.6 is 0 Å². The van der Waals surface area contributed by atoms with Crippen LogP contribution in [-0.2, 0) is 9.59 Å². The Morgan fingerprint density at radius 3 is 2.22 bits per heavy atom. The molecule has 0 spiro atoms. The summed E-state index contributed by atoms with van der Waals surface area (Å²) in [6.07, 6.45) is 5.22. The molecule has 4 nitrogen and oxygen atoms in total. The largest absolute Gasteiger partial charge is 0.481 e. The van der Waals surface area contributed by atoms with Gasteiger partial charge < -0.3 is 10.2 Å². The summed E-state index contributed by atoms with van der Waals surface area (Å²) in [7, 11) is 0. The lowest BCUT2D eigenvalue weighted by Gasteiger charge is -2.31. The minimum absolute atomic E-state index is 0.389. The van der Waals surface area contributed by atoms with Gasteiger partial charge in [-0.3, -0.25) is 9.59 Å². The Kier molecular flexibility index (Phi) is 5.63. The lowest BCUT2D eigenvalue weighted by atomic mass is 9.72. The minimum atomic E-state index is -0.956. The Morgan fingerprint density at radius 1 is 1.11 bits per heavy atom. The fourth-order valence-corrected chi connectivity index (χ4v) is 2.90. The molecule has 1 fully saturated rings. The molecule has 0 saturated heterocycles. The van der Waals surface area contributed by atoms with Crippen LogP contribution in [0.25, 0.3) is 0 Å². The van der Waals surface area contributed by atoms with E-state index in [-0.39, 0.29) is 0 Å². The Balaban J connectivity index is 2.47. The van der Waals surface area contributed by atoms with E-state index in [0.717, 1.165) is 25.7 Å². The van der Waals surface area contributed by atoms with E-state index >= 15 is 0 Å². The van der Waals surface area contributed by atoms with Crippen LogP contribution in [0.3, 0.4) is 0 Å². The molecule has 0 aromatic carbocycles. The first kappa shape index (κ1) is 15.0. The fraction of sp³-hybridized carbons (Fsp3) is 0.857. The summed E-state index contributed by atoms with van der Waals surface area (Å²) in [5.41, 5.74) is 0. The molecule has 4 heteroatoms. The Bertz CT molecular complexity index is 298. The van der Waals surface area contributed by atoms with Gasteiger partial charge in [0.2, 0.25) is 0 Å². The number of carboxylic acid groups (broad SMARTS) is 2. The van der Waals surface area contributed by atoms with Crippen molar-refractivity contribution in [1.82, 2.24) is 0 Å². The van der Waals surface area contributed by atoms with Crippen molar-refractivity contribution in [3.63, 3.8) is 0 Å². The van der Waals surface area contributed by atoms with Gasteiger partial charge in [0.25, 0.3) is 0 Å². The minimum Gasteiger partial charge on any atom is -0.481 e. The second-order valence-electron chi connectivity index (χ2n) is 5.89. The molecule has 0 amide bonds. The lowest BCUT2D eigenvalue weighted by Crippen LogP contribution is -2.35. The molecule has 1 aliphatic rings. The van der Waals surface area contributed by atoms with Crippen molar-refractivity contribution >= 4 is 11.9 Å². The molecule has 18 heavy (non-hydrogen) atoms. The normalized spacial score (nSPS) is 28.3. The molecule has 3 atom stereocenters. The highest BCUT2D eigenvalue weighted by Crippen LogP contribution is 2.37. The van der Waals surface area contributed by atoms with Gasteiger partial charge in [-0.2, -0.15) is 0 Å². The molecule has 1 rings (SSSR count). The van der Waals surface area contributed by atoms with Gasteiger partial charge in [0, 0.05) is 0 Å². The summed E-state index contributed by atoms with van der Waals surface area (Å²) in [6.45, 7) is 4.36. The van der Waals surface area contributed by atoms with Crippen molar-refractivity contribution in [2.45, 2.75) is 52.4 Å². The third kappa shape index (κ3) is 4.31. The van der Waals surface area contributed by atoms with Crippen molar-refractivity contribution in [1.29, 1.82) is 0 Å². The second kappa shape index (κ2) is 6.76. The quantitative estimate of drug-likeness (QED) is 0.766. The molecule has 0 bridgehead atoms. The molecule has 0 aromatic rings. The zero-order chi connectivity index (χ0) is 13.7. The highest BCUT2D eigenvalue weighted by molar-refractivity contribution is 5.80. The maximum Gasteiger partial charge on any atom is 0.307 e. The van der Waals surface area contributed by atoms with Crippen LogP contribution in [0.2, 0.25) is 0 Å². The van der Waals surface area contributed by atoms with Crippen LogP contribution in [0.4, 0.5) is 0 Å². The first-order chi connectivity index (χ1) is 8.41. The summed E-state index contributed by atoms with van der Waals surface area (Å²) in [5, 5.41) is 18.2. The Labute approximate surface area is 108 Å². The molecule has 104 valence electrons. The average Bonchev–Trinajstić information content (AvgIpc) is 2.28. The van der Waals surface area contributed by atoms with Gasteiger partial charge >= 0.3 is 11.9 Å². The molecule has 1 saturated carbocycles. The first-order valence-electron chi connectivity index (χ1n) is 6.87. The zero-order valence-electron chi connectivity index (χ0n) is 11.3. The molecule has 0 aliphatic heterocycles. The van der Waals surface area contributed by atoms with Crippen LogP contribution in [-0.4, -0.2) is 22.2 Å². The summed E-state index contributed by atoms with van der Waals surface area (Å²) < 4.78 is 0. The van der Waals surface area contributed by atoms with E-state index in [1.165, 1.54) is 0 Å². The van der Waals surface area contributed by atoms with E-state index in [4.69, 9.17) is 10.2 Å². The van der Waals surface area contributed by atoms with Crippen molar-refractivity contribution in [3.8, 4) is 0 Å². The topological polar surface area (TPSA) is 74.6 Å². The van der Waals surface area contributed by atoms with Crippen molar-refractivity contribution in [2.24, 2.45) is 23.7 Å². The van der Waals surface area contributed by atoms with Crippen LogP contribution in [0.15, 0.2) is 0 Å². The van der Waals surface area contributed by atoms with Gasteiger partial charge in [-0.05, 0) is 31.1 Å². The molecule has 0 aromatic heterocycles. The van der Waals surface area contributed by atoms with Gasteiger partial charge in [0.1, 0.15) is 0 Å². The highest BCUT2D eigenvalue weighted by atomic mass is 16.4. The van der Waals surface area contributed by atoms with Crippen LogP contribution < -0.4 is 0 Å². The smallest absolute Gasteiger partial charge is 0.307 e. The summed E-state index contributed by atoms with van der Waals surface area (Å²) >= 11 is 0. The molecule has 2 N–H and O–H groups in total. The van der Waals surface area contributed by atoms with Crippen molar-refractivity contribution in [3.05, 3.63) is 0 Å². The van der Waals surface area contributed by atoms with Gasteiger partial charge in [-0.1, -0.05) is 33.1 Å². The van der Waals surface area contributed by atoms with Crippen molar-refractivity contribution < 1.29 is 19.8 Å². The number of aliphatic carboxylic acids is 2. The number of carbonyl (C=O) groups is 2. The SMILES string of the molecule is CC(C)CCC[C@H]1CC[C@@H](C(=O)O)[C@H](C(=O)O)C1. The highest BCUT2D eigenvalue weighted by Gasteiger charge is 2.39. The van der Waals surface area contributed by atoms with Gasteiger partial charge in [-0.15, -0.1) is 0 Å². The third-order valence-corrected chi connectivity index (χ3v) is 3.99. The van der Waals surface area contributed by atoms with E-state index in [2.05, 4.69) is 13.8 Å². The Morgan fingerprint density at radius 2 is 1.72 bits per heavy atom. The van der Waals surface area contributed by atoms with Crippen LogP contribution in [0, 0.1) is 23.7 Å². The molecule has 1 aliphatic carbocycles. The maximum atomic E-state index is 11.1. The summed E-state index contributed by atoms with van der Waals surface area (Å²) in [5.74, 6) is -2.22. The van der Waals surface area contributed by atoms with E-state index in [0.29, 0.717) is 24.7 Å². The monoisotopic (exact) mass is 256 g/mol. The number of hydrogen-bond donors (Lipinski definition) is 2. The standard InChI is InChI=1S/C14H24O4/c1-9(2)4-3-5-10-6-7-11(13(15)16)12(8-10)14(17)18/h9-12H,3-8H2,1-2H3,(H,15,16)(H,17,18)/t10-,11+,12+/m0/s1. The fourth-order valence-electron chi connectivity index (χ4n) is 2.90. The zero-order valence-corrected chi connectivity index (χ0v) is 11.3. The molecular formula is C14H24O4. The predicted molar refractivity (Wildman–Crippen MR) is 68.3 cm³/mol. The van der Waals surface area contributed by atoms with E-state index < -0.39 is 23.8 Å². The predicted octanol–water partition coefficient (Wildman–Crippen LogP) is 3.01. The average molecular weight is 256 g/mol. The maximum absolute atomic E-state index is 11.1. The number of rotatable bonds is 6. The molecule has 0 heterocycles. The van der Waals surface area contributed by atoms with E-state index in [1.54, 1.807) is 0 Å². The molecular weight excluding hydrogens is 232 g/mol.